The van der Waals surface area contributed by atoms with Crippen molar-refractivity contribution in [2.75, 3.05) is 46.3 Å². The fraction of sp³-hybridized carbons (Fsp3) is 0.370. The van der Waals surface area contributed by atoms with Crippen molar-refractivity contribution < 1.29 is 23.8 Å². The second kappa shape index (κ2) is 13.6. The zero-order valence-electron chi connectivity index (χ0n) is 21.9. The van der Waals surface area contributed by atoms with Crippen LogP contribution in [-0.4, -0.2) is 62.8 Å². The van der Waals surface area contributed by atoms with Gasteiger partial charge in [0, 0.05) is 31.3 Å². The van der Waals surface area contributed by atoms with Crippen LogP contribution in [0.2, 0.25) is 0 Å². The minimum atomic E-state index is -0.258. The number of thiazole rings is 1. The summed E-state index contributed by atoms with van der Waals surface area (Å²) >= 11 is 1.34. The number of hydrogen-bond donors (Lipinski definition) is 2. The lowest BCUT2D eigenvalue weighted by Crippen LogP contribution is -2.37. The van der Waals surface area contributed by atoms with Crippen LogP contribution in [-0.2, 0) is 17.7 Å². The minimum Gasteiger partial charge on any atom is -0.493 e. The maximum absolute atomic E-state index is 13.1. The number of methoxy groups -OCH3 is 3. The van der Waals surface area contributed by atoms with E-state index in [1.807, 2.05) is 50.2 Å². The molecular weight excluding hydrogens is 492 g/mol. The number of para-hydroxylation sites is 1. The molecular formula is C27H34N4O5S. The van der Waals surface area contributed by atoms with E-state index in [2.05, 4.69) is 15.6 Å². The number of aromatic nitrogens is 1. The molecule has 0 saturated carbocycles. The molecule has 1 heterocycles. The summed E-state index contributed by atoms with van der Waals surface area (Å²) in [4.78, 5) is 31.8. The van der Waals surface area contributed by atoms with Crippen LogP contribution in [0.5, 0.6) is 11.5 Å². The number of rotatable bonds is 12. The molecule has 10 heteroatoms. The standard InChI is InChI=1S/C27H34N4O5S/c1-18-7-6-8-19(2)25(18)30-27(33)31(13-14-34-3)16-24-29-21(17-37-24)26(32)28-12-11-20-9-10-22(35-4)23(15-20)36-5/h6-10,15,17H,11-14,16H2,1-5H3,(H,28,32)(H,30,33). The van der Waals surface area contributed by atoms with Gasteiger partial charge in [-0.25, -0.2) is 9.78 Å². The lowest BCUT2D eigenvalue weighted by Gasteiger charge is -2.23. The van der Waals surface area contributed by atoms with Crippen LogP contribution < -0.4 is 20.1 Å². The molecule has 37 heavy (non-hydrogen) atoms. The Kier molecular flexibility index (Phi) is 10.3. The fourth-order valence-corrected chi connectivity index (χ4v) is 4.54. The van der Waals surface area contributed by atoms with Gasteiger partial charge in [-0.2, -0.15) is 0 Å². The molecule has 3 amide bonds. The third kappa shape index (κ3) is 7.68. The topological polar surface area (TPSA) is 102 Å². The second-order valence-electron chi connectivity index (χ2n) is 8.43. The predicted molar refractivity (Wildman–Crippen MR) is 145 cm³/mol. The number of aryl methyl sites for hydroxylation is 2. The van der Waals surface area contributed by atoms with E-state index in [4.69, 9.17) is 14.2 Å². The van der Waals surface area contributed by atoms with Gasteiger partial charge in [0.05, 0.1) is 27.4 Å². The molecule has 0 fully saturated rings. The monoisotopic (exact) mass is 526 g/mol. The number of amides is 3. The van der Waals surface area contributed by atoms with Crippen molar-refractivity contribution in [3.05, 3.63) is 69.2 Å². The van der Waals surface area contributed by atoms with E-state index in [1.54, 1.807) is 31.6 Å². The summed E-state index contributed by atoms with van der Waals surface area (Å²) in [5.41, 5.74) is 4.11. The van der Waals surface area contributed by atoms with Crippen molar-refractivity contribution in [2.45, 2.75) is 26.8 Å². The zero-order chi connectivity index (χ0) is 26.8. The van der Waals surface area contributed by atoms with Crippen LogP contribution in [0, 0.1) is 13.8 Å². The van der Waals surface area contributed by atoms with Gasteiger partial charge >= 0.3 is 6.03 Å². The van der Waals surface area contributed by atoms with Gasteiger partial charge in [-0.05, 0) is 49.1 Å². The molecule has 0 atom stereocenters. The number of hydrogen-bond acceptors (Lipinski definition) is 7. The Morgan fingerprint density at radius 1 is 1.03 bits per heavy atom. The lowest BCUT2D eigenvalue weighted by molar-refractivity contribution is 0.0949. The second-order valence-corrected chi connectivity index (χ2v) is 9.38. The molecule has 1 aromatic heterocycles. The molecule has 9 nitrogen and oxygen atoms in total. The Labute approximate surface area is 221 Å². The van der Waals surface area contributed by atoms with E-state index in [0.717, 1.165) is 22.4 Å². The molecule has 0 saturated heterocycles. The molecule has 3 rings (SSSR count). The summed E-state index contributed by atoms with van der Waals surface area (Å²) in [5, 5.41) is 8.28. The van der Waals surface area contributed by atoms with E-state index in [0.29, 0.717) is 48.3 Å². The number of nitrogens with zero attached hydrogens (tertiary/aromatic N) is 2. The number of carbonyl (C=O) groups excluding carboxylic acids is 2. The average molecular weight is 527 g/mol. The molecule has 0 aliphatic carbocycles. The first-order valence-corrected chi connectivity index (χ1v) is 12.8. The van der Waals surface area contributed by atoms with Crippen molar-refractivity contribution >= 4 is 29.0 Å². The van der Waals surface area contributed by atoms with Crippen molar-refractivity contribution in [1.29, 1.82) is 0 Å². The molecule has 2 N–H and O–H groups in total. The van der Waals surface area contributed by atoms with Crippen molar-refractivity contribution in [2.24, 2.45) is 0 Å². The highest BCUT2D eigenvalue weighted by Crippen LogP contribution is 2.27. The van der Waals surface area contributed by atoms with Crippen LogP contribution in [0.15, 0.2) is 41.8 Å². The summed E-state index contributed by atoms with van der Waals surface area (Å²) in [6.07, 6.45) is 0.631. The maximum atomic E-state index is 13.1. The zero-order valence-corrected chi connectivity index (χ0v) is 22.7. The van der Waals surface area contributed by atoms with Gasteiger partial charge in [-0.3, -0.25) is 4.79 Å². The quantitative estimate of drug-likeness (QED) is 0.362. The summed E-state index contributed by atoms with van der Waals surface area (Å²) in [5.74, 6) is 1.05. The number of benzene rings is 2. The smallest absolute Gasteiger partial charge is 0.322 e. The van der Waals surface area contributed by atoms with Crippen LogP contribution in [0.4, 0.5) is 10.5 Å². The Hall–Kier alpha value is -3.63. The normalized spacial score (nSPS) is 10.6. The number of urea groups is 1. The van der Waals surface area contributed by atoms with Crippen LogP contribution in [0.25, 0.3) is 0 Å². The van der Waals surface area contributed by atoms with Crippen LogP contribution in [0.3, 0.4) is 0 Å². The number of anilines is 1. The molecule has 0 radical (unpaired) electrons. The molecule has 2 aromatic carbocycles. The number of ether oxygens (including phenoxy) is 3. The highest BCUT2D eigenvalue weighted by Gasteiger charge is 2.19. The van der Waals surface area contributed by atoms with Crippen molar-refractivity contribution in [3.8, 4) is 11.5 Å². The van der Waals surface area contributed by atoms with E-state index < -0.39 is 0 Å². The Morgan fingerprint density at radius 2 is 1.76 bits per heavy atom. The molecule has 0 spiro atoms. The highest BCUT2D eigenvalue weighted by molar-refractivity contribution is 7.09. The fourth-order valence-electron chi connectivity index (χ4n) is 3.75. The maximum Gasteiger partial charge on any atom is 0.322 e. The highest BCUT2D eigenvalue weighted by atomic mass is 32.1. The SMILES string of the molecule is COCCN(Cc1nc(C(=O)NCCc2ccc(OC)c(OC)c2)cs1)C(=O)Nc1c(C)cccc1C. The minimum absolute atomic E-state index is 0.245. The van der Waals surface area contributed by atoms with Crippen LogP contribution in [0.1, 0.15) is 32.2 Å². The molecule has 3 aromatic rings. The number of carbonyl (C=O) groups is 2. The van der Waals surface area contributed by atoms with Gasteiger partial charge in [-0.1, -0.05) is 24.3 Å². The van der Waals surface area contributed by atoms with Gasteiger partial charge in [0.1, 0.15) is 10.7 Å². The molecule has 0 unspecified atom stereocenters. The molecule has 198 valence electrons. The summed E-state index contributed by atoms with van der Waals surface area (Å²) in [7, 11) is 4.77. The van der Waals surface area contributed by atoms with Gasteiger partial charge in [0.25, 0.3) is 5.91 Å². The van der Waals surface area contributed by atoms with Crippen molar-refractivity contribution in [1.82, 2.24) is 15.2 Å². The summed E-state index contributed by atoms with van der Waals surface area (Å²) < 4.78 is 15.8. The molecule has 0 bridgehead atoms. The predicted octanol–water partition coefficient (Wildman–Crippen LogP) is 4.43. The third-order valence-corrected chi connectivity index (χ3v) is 6.66. The Morgan fingerprint density at radius 3 is 2.43 bits per heavy atom. The first-order valence-electron chi connectivity index (χ1n) is 11.9. The number of nitrogens with one attached hydrogen (secondary N) is 2. The summed E-state index contributed by atoms with van der Waals surface area (Å²) in [6.45, 7) is 5.40. The first kappa shape index (κ1) is 27.9. The first-order chi connectivity index (χ1) is 17.9. The third-order valence-electron chi connectivity index (χ3n) is 5.82. The van der Waals surface area contributed by atoms with Crippen molar-refractivity contribution in [3.63, 3.8) is 0 Å². The Bertz CT molecular complexity index is 1190. The molecule has 0 aliphatic rings. The van der Waals surface area contributed by atoms with E-state index in [9.17, 15) is 9.59 Å². The van der Waals surface area contributed by atoms with Gasteiger partial charge in [0.2, 0.25) is 0 Å². The van der Waals surface area contributed by atoms with Gasteiger partial charge in [-0.15, -0.1) is 11.3 Å². The largest absolute Gasteiger partial charge is 0.493 e. The molecule has 0 aliphatic heterocycles. The lowest BCUT2D eigenvalue weighted by atomic mass is 10.1. The Balaban J connectivity index is 1.59. The van der Waals surface area contributed by atoms with E-state index in [1.165, 1.54) is 11.3 Å². The van der Waals surface area contributed by atoms with Gasteiger partial charge in [0.15, 0.2) is 11.5 Å². The van der Waals surface area contributed by atoms with E-state index >= 15 is 0 Å². The van der Waals surface area contributed by atoms with Crippen LogP contribution >= 0.6 is 11.3 Å². The average Bonchev–Trinajstić information content (AvgIpc) is 3.37. The van der Waals surface area contributed by atoms with Gasteiger partial charge < -0.3 is 29.7 Å². The summed E-state index contributed by atoms with van der Waals surface area (Å²) in [6, 6.07) is 11.3. The van der Waals surface area contributed by atoms with E-state index in [-0.39, 0.29) is 18.5 Å².